The second kappa shape index (κ2) is 7.62. The van der Waals surface area contributed by atoms with Gasteiger partial charge in [0.1, 0.15) is 0 Å². The lowest BCUT2D eigenvalue weighted by atomic mass is 10.3. The molecule has 0 fully saturated rings. The van der Waals surface area contributed by atoms with Gasteiger partial charge in [-0.1, -0.05) is 6.07 Å². The molecule has 1 aromatic rings. The summed E-state index contributed by atoms with van der Waals surface area (Å²) in [5.41, 5.74) is 0. The first kappa shape index (κ1) is 12.4. The van der Waals surface area contributed by atoms with Gasteiger partial charge in [-0.25, -0.2) is 0 Å². The zero-order valence-electron chi connectivity index (χ0n) is 8.79. The minimum Gasteiger partial charge on any atom is -0.383 e. The topological polar surface area (TPSA) is 33.3 Å². The molecule has 0 aliphatic heterocycles. The second-order valence-electron chi connectivity index (χ2n) is 3.00. The number of hydrogen-bond acceptors (Lipinski definition) is 3. The third kappa shape index (κ3) is 5.71. The lowest BCUT2D eigenvalue weighted by molar-refractivity contribution is 0.204. The van der Waals surface area contributed by atoms with Crippen molar-refractivity contribution in [3.63, 3.8) is 0 Å². The summed E-state index contributed by atoms with van der Waals surface area (Å²) >= 11 is 6.86. The van der Waals surface area contributed by atoms with Gasteiger partial charge in [-0.05, 0) is 30.1 Å². The van der Waals surface area contributed by atoms with Crippen molar-refractivity contribution in [2.45, 2.75) is 6.42 Å². The van der Waals surface area contributed by atoms with E-state index in [2.05, 4.69) is 28.1 Å². The van der Waals surface area contributed by atoms with E-state index in [0.29, 0.717) is 11.7 Å². The highest BCUT2D eigenvalue weighted by Crippen LogP contribution is 2.07. The molecule has 3 nitrogen and oxygen atoms in total. The molecular formula is C10H16N2OS2. The van der Waals surface area contributed by atoms with Crippen LogP contribution in [0.15, 0.2) is 17.5 Å². The average Bonchev–Trinajstić information content (AvgIpc) is 2.71. The Morgan fingerprint density at radius 1 is 1.47 bits per heavy atom. The van der Waals surface area contributed by atoms with Crippen molar-refractivity contribution in [3.8, 4) is 0 Å². The van der Waals surface area contributed by atoms with Crippen LogP contribution in [0.5, 0.6) is 0 Å². The van der Waals surface area contributed by atoms with E-state index in [4.69, 9.17) is 17.0 Å². The number of methoxy groups -OCH3 is 1. The van der Waals surface area contributed by atoms with Gasteiger partial charge in [-0.15, -0.1) is 11.3 Å². The van der Waals surface area contributed by atoms with Gasteiger partial charge in [-0.2, -0.15) is 0 Å². The summed E-state index contributed by atoms with van der Waals surface area (Å²) in [7, 11) is 1.68. The molecule has 0 unspecified atom stereocenters. The molecular weight excluding hydrogens is 228 g/mol. The molecule has 0 saturated heterocycles. The minimum atomic E-state index is 0.673. The Balaban J connectivity index is 2.02. The minimum absolute atomic E-state index is 0.673. The van der Waals surface area contributed by atoms with Crippen LogP contribution in [0.25, 0.3) is 0 Å². The number of thiocarbonyl (C=S) groups is 1. The maximum Gasteiger partial charge on any atom is 0.166 e. The standard InChI is InChI=1S/C10H16N2OS2/c1-13-7-6-12-10(14)11-5-4-9-3-2-8-15-9/h2-3,8H,4-7H2,1H3,(H2,11,12,14). The van der Waals surface area contributed by atoms with Gasteiger partial charge in [0.25, 0.3) is 0 Å². The van der Waals surface area contributed by atoms with Crippen LogP contribution in [-0.2, 0) is 11.2 Å². The van der Waals surface area contributed by atoms with Crippen LogP contribution in [-0.4, -0.2) is 31.9 Å². The molecule has 0 amide bonds. The monoisotopic (exact) mass is 244 g/mol. The van der Waals surface area contributed by atoms with Gasteiger partial charge in [0.05, 0.1) is 6.61 Å². The molecule has 0 aliphatic rings. The number of ether oxygens (including phenoxy) is 1. The fourth-order valence-corrected chi connectivity index (χ4v) is 2.00. The lowest BCUT2D eigenvalue weighted by Gasteiger charge is -2.09. The molecule has 0 atom stereocenters. The zero-order chi connectivity index (χ0) is 10.9. The molecule has 0 aromatic carbocycles. The first-order valence-electron chi connectivity index (χ1n) is 4.86. The summed E-state index contributed by atoms with van der Waals surface area (Å²) in [6.45, 7) is 2.30. The highest BCUT2D eigenvalue weighted by molar-refractivity contribution is 7.80. The second-order valence-corrected chi connectivity index (χ2v) is 4.45. The predicted molar refractivity (Wildman–Crippen MR) is 68.5 cm³/mol. The normalized spacial score (nSPS) is 9.93. The van der Waals surface area contributed by atoms with Gasteiger partial charge >= 0.3 is 0 Å². The van der Waals surface area contributed by atoms with Crippen LogP contribution in [0.2, 0.25) is 0 Å². The van der Waals surface area contributed by atoms with E-state index in [-0.39, 0.29) is 0 Å². The Hall–Kier alpha value is -0.650. The lowest BCUT2D eigenvalue weighted by Crippen LogP contribution is -2.37. The predicted octanol–water partition coefficient (Wildman–Crippen LogP) is 1.40. The van der Waals surface area contributed by atoms with E-state index in [1.165, 1.54) is 4.88 Å². The molecule has 1 rings (SSSR count). The van der Waals surface area contributed by atoms with Crippen LogP contribution in [0, 0.1) is 0 Å². The maximum atomic E-state index is 5.09. The molecule has 84 valence electrons. The van der Waals surface area contributed by atoms with Crippen molar-refractivity contribution in [3.05, 3.63) is 22.4 Å². The van der Waals surface area contributed by atoms with Crippen LogP contribution in [0.3, 0.4) is 0 Å². The Labute approximate surface area is 99.8 Å². The zero-order valence-corrected chi connectivity index (χ0v) is 10.4. The highest BCUT2D eigenvalue weighted by atomic mass is 32.1. The molecule has 0 spiro atoms. The summed E-state index contributed by atoms with van der Waals surface area (Å²) in [6.07, 6.45) is 1.02. The molecule has 15 heavy (non-hydrogen) atoms. The van der Waals surface area contributed by atoms with Crippen molar-refractivity contribution in [2.24, 2.45) is 0 Å². The van der Waals surface area contributed by atoms with Gasteiger partial charge in [0.15, 0.2) is 5.11 Å². The number of rotatable bonds is 6. The summed E-state index contributed by atoms with van der Waals surface area (Å²) < 4.78 is 4.91. The molecule has 0 radical (unpaired) electrons. The molecule has 2 N–H and O–H groups in total. The Morgan fingerprint density at radius 2 is 2.27 bits per heavy atom. The summed E-state index contributed by atoms with van der Waals surface area (Å²) in [5, 5.41) is 9.00. The Kier molecular flexibility index (Phi) is 6.31. The number of hydrogen-bond donors (Lipinski definition) is 2. The summed E-state index contributed by atoms with van der Waals surface area (Å²) in [5.74, 6) is 0. The first-order chi connectivity index (χ1) is 7.33. The third-order valence-electron chi connectivity index (χ3n) is 1.83. The van der Waals surface area contributed by atoms with E-state index in [0.717, 1.165) is 19.5 Å². The average molecular weight is 244 g/mol. The van der Waals surface area contributed by atoms with Gasteiger partial charge < -0.3 is 15.4 Å². The van der Waals surface area contributed by atoms with Crippen LogP contribution in [0.1, 0.15) is 4.88 Å². The van der Waals surface area contributed by atoms with Crippen LogP contribution in [0.4, 0.5) is 0 Å². The van der Waals surface area contributed by atoms with E-state index < -0.39 is 0 Å². The molecule has 5 heteroatoms. The van der Waals surface area contributed by atoms with E-state index in [1.54, 1.807) is 18.4 Å². The largest absolute Gasteiger partial charge is 0.383 e. The number of thiophene rings is 1. The maximum absolute atomic E-state index is 5.09. The van der Waals surface area contributed by atoms with Crippen molar-refractivity contribution < 1.29 is 4.74 Å². The van der Waals surface area contributed by atoms with E-state index in [1.807, 2.05) is 0 Å². The van der Waals surface area contributed by atoms with E-state index in [9.17, 15) is 0 Å². The fraction of sp³-hybridized carbons (Fsp3) is 0.500. The number of nitrogens with one attached hydrogen (secondary N) is 2. The Bertz CT molecular complexity index is 275. The van der Waals surface area contributed by atoms with E-state index >= 15 is 0 Å². The van der Waals surface area contributed by atoms with Crippen molar-refractivity contribution in [1.82, 2.24) is 10.6 Å². The molecule has 0 bridgehead atoms. The molecule has 1 aromatic heterocycles. The summed E-state index contributed by atoms with van der Waals surface area (Å²) in [4.78, 5) is 1.38. The smallest absolute Gasteiger partial charge is 0.166 e. The van der Waals surface area contributed by atoms with Gasteiger partial charge in [-0.3, -0.25) is 0 Å². The Morgan fingerprint density at radius 3 is 2.93 bits per heavy atom. The fourth-order valence-electron chi connectivity index (χ4n) is 1.08. The van der Waals surface area contributed by atoms with Crippen molar-refractivity contribution in [1.29, 1.82) is 0 Å². The van der Waals surface area contributed by atoms with Crippen LogP contribution >= 0.6 is 23.6 Å². The summed E-state index contributed by atoms with van der Waals surface area (Å²) in [6, 6.07) is 4.20. The highest BCUT2D eigenvalue weighted by Gasteiger charge is 1.96. The molecule has 0 saturated carbocycles. The molecule has 0 aliphatic carbocycles. The van der Waals surface area contributed by atoms with Gasteiger partial charge in [0.2, 0.25) is 0 Å². The SMILES string of the molecule is COCCNC(=S)NCCc1cccs1. The quantitative estimate of drug-likeness (QED) is 0.585. The molecule has 1 heterocycles. The van der Waals surface area contributed by atoms with Crippen LogP contribution < -0.4 is 10.6 Å². The third-order valence-corrected chi connectivity index (χ3v) is 3.05. The van der Waals surface area contributed by atoms with Crippen molar-refractivity contribution in [2.75, 3.05) is 26.8 Å². The van der Waals surface area contributed by atoms with Gasteiger partial charge in [0, 0.05) is 25.1 Å². The first-order valence-corrected chi connectivity index (χ1v) is 6.14. The van der Waals surface area contributed by atoms with Crippen molar-refractivity contribution >= 4 is 28.7 Å².